The molecule has 1 aliphatic heterocycles. The summed E-state index contributed by atoms with van der Waals surface area (Å²) in [5, 5.41) is 20.9. The summed E-state index contributed by atoms with van der Waals surface area (Å²) in [6.07, 6.45) is 3.71. The number of rotatable bonds is 8. The number of pyridine rings is 1. The number of nitrogens with zero attached hydrogens (tertiary/aromatic N) is 4. The molecule has 1 saturated heterocycles. The summed E-state index contributed by atoms with van der Waals surface area (Å²) in [4.78, 5) is 34.2. The number of piperidine rings is 1. The smallest absolute Gasteiger partial charge is 0.287 e. The summed E-state index contributed by atoms with van der Waals surface area (Å²) >= 11 is 6.26. The number of hydrogen-bond acceptors (Lipinski definition) is 6. The van der Waals surface area contributed by atoms with Crippen LogP contribution in [0.25, 0.3) is 0 Å². The number of carbonyl (C=O) groups is 2. The van der Waals surface area contributed by atoms with E-state index in [1.807, 2.05) is 6.07 Å². The summed E-state index contributed by atoms with van der Waals surface area (Å²) in [6.45, 7) is 2.13. The summed E-state index contributed by atoms with van der Waals surface area (Å²) < 4.78 is 0. The van der Waals surface area contributed by atoms with Gasteiger partial charge in [0, 0.05) is 46.3 Å². The van der Waals surface area contributed by atoms with Crippen molar-refractivity contribution < 1.29 is 19.8 Å². The number of amides is 2. The fraction of sp³-hybridized carbons (Fsp3) is 0.480. The van der Waals surface area contributed by atoms with E-state index in [9.17, 15) is 19.8 Å². The van der Waals surface area contributed by atoms with Gasteiger partial charge in [0.2, 0.25) is 0 Å². The second kappa shape index (κ2) is 11.2. The third kappa shape index (κ3) is 6.05. The molecule has 184 valence electrons. The minimum absolute atomic E-state index is 0.159. The van der Waals surface area contributed by atoms with E-state index >= 15 is 0 Å². The lowest BCUT2D eigenvalue weighted by Crippen LogP contribution is -2.45. The van der Waals surface area contributed by atoms with E-state index in [2.05, 4.69) is 9.88 Å². The molecular formula is C25H33ClN4O4. The number of carbonyl (C=O) groups excluding carboxylic acids is 2. The van der Waals surface area contributed by atoms with Crippen LogP contribution in [0.15, 0.2) is 42.5 Å². The van der Waals surface area contributed by atoms with Crippen molar-refractivity contribution in [2.45, 2.75) is 31.5 Å². The maximum atomic E-state index is 12.6. The van der Waals surface area contributed by atoms with E-state index in [0.717, 1.165) is 44.6 Å². The molecule has 0 saturated carbocycles. The van der Waals surface area contributed by atoms with Crippen LogP contribution in [0.5, 0.6) is 0 Å². The van der Waals surface area contributed by atoms with E-state index in [-0.39, 0.29) is 16.6 Å². The maximum absolute atomic E-state index is 12.6. The molecule has 0 atom stereocenters. The molecule has 0 bridgehead atoms. The molecule has 0 unspecified atom stereocenters. The Balaban J connectivity index is 1.45. The van der Waals surface area contributed by atoms with Crippen molar-refractivity contribution in [3.63, 3.8) is 0 Å². The molecule has 0 aliphatic carbocycles. The zero-order valence-corrected chi connectivity index (χ0v) is 20.7. The van der Waals surface area contributed by atoms with Crippen molar-refractivity contribution in [2.24, 2.45) is 5.92 Å². The van der Waals surface area contributed by atoms with Crippen LogP contribution < -0.4 is 4.90 Å². The molecule has 3 rings (SSSR count). The molecule has 9 heteroatoms. The van der Waals surface area contributed by atoms with Gasteiger partial charge in [0.05, 0.1) is 5.56 Å². The van der Waals surface area contributed by atoms with Gasteiger partial charge >= 0.3 is 0 Å². The summed E-state index contributed by atoms with van der Waals surface area (Å²) in [6, 6.07) is 11.7. The summed E-state index contributed by atoms with van der Waals surface area (Å²) in [5.41, 5.74) is 0.554. The fourth-order valence-electron chi connectivity index (χ4n) is 4.23. The highest BCUT2D eigenvalue weighted by atomic mass is 35.5. The number of anilines is 1. The molecule has 1 aliphatic rings. The topological polar surface area (TPSA) is 97.2 Å². The Morgan fingerprint density at radius 2 is 1.74 bits per heavy atom. The van der Waals surface area contributed by atoms with Gasteiger partial charge < -0.3 is 24.9 Å². The van der Waals surface area contributed by atoms with Crippen LogP contribution >= 0.6 is 11.6 Å². The van der Waals surface area contributed by atoms with Gasteiger partial charge in [0.15, 0.2) is 0 Å². The molecule has 34 heavy (non-hydrogen) atoms. The van der Waals surface area contributed by atoms with Gasteiger partial charge in [-0.1, -0.05) is 41.9 Å². The Morgan fingerprint density at radius 3 is 2.32 bits per heavy atom. The largest absolute Gasteiger partial charge is 0.357 e. The first-order valence-electron chi connectivity index (χ1n) is 11.5. The van der Waals surface area contributed by atoms with Crippen molar-refractivity contribution >= 4 is 29.2 Å². The highest BCUT2D eigenvalue weighted by molar-refractivity contribution is 6.32. The number of hydrogen-bond donors (Lipinski definition) is 2. The Morgan fingerprint density at radius 1 is 1.09 bits per heavy atom. The van der Waals surface area contributed by atoms with E-state index in [0.29, 0.717) is 18.0 Å². The first-order valence-corrected chi connectivity index (χ1v) is 11.9. The zero-order valence-electron chi connectivity index (χ0n) is 19.9. The molecule has 0 spiro atoms. The van der Waals surface area contributed by atoms with Crippen LogP contribution in [0.2, 0.25) is 5.15 Å². The third-order valence-corrected chi connectivity index (χ3v) is 6.62. The number of aliphatic hydroxyl groups is 2. The SMILES string of the molecule is CN(C)C(=O)c1ccc(N2CCC(CCCN(C)C(=O)C(O)(O)c3ccccc3)CC2)nc1Cl. The standard InChI is InChI=1S/C25H33ClN4O4/c1-28(2)23(31)20-11-12-21(27-22(20)26)30-16-13-18(14-17-30)8-7-15-29(3)24(32)25(33,34)19-9-5-4-6-10-19/h4-6,9-12,18,33-34H,7-8,13-17H2,1-3H3. The summed E-state index contributed by atoms with van der Waals surface area (Å²) in [5.74, 6) is -2.14. The first-order chi connectivity index (χ1) is 16.1. The Hall–Kier alpha value is -2.68. The average molecular weight is 489 g/mol. The van der Waals surface area contributed by atoms with Crippen LogP contribution in [0.3, 0.4) is 0 Å². The Bertz CT molecular complexity index is 992. The van der Waals surface area contributed by atoms with Gasteiger partial charge in [-0.2, -0.15) is 0 Å². The molecule has 2 aromatic rings. The molecule has 1 aromatic heterocycles. The Kier molecular flexibility index (Phi) is 8.52. The maximum Gasteiger partial charge on any atom is 0.287 e. The molecular weight excluding hydrogens is 456 g/mol. The van der Waals surface area contributed by atoms with Crippen LogP contribution in [0.1, 0.15) is 41.6 Å². The molecule has 1 fully saturated rings. The van der Waals surface area contributed by atoms with E-state index < -0.39 is 11.7 Å². The summed E-state index contributed by atoms with van der Waals surface area (Å²) in [7, 11) is 4.95. The van der Waals surface area contributed by atoms with Gasteiger partial charge in [-0.25, -0.2) is 4.98 Å². The molecule has 0 radical (unpaired) electrons. The number of aromatic nitrogens is 1. The number of benzene rings is 1. The van der Waals surface area contributed by atoms with Crippen LogP contribution in [0.4, 0.5) is 5.82 Å². The second-order valence-electron chi connectivity index (χ2n) is 9.04. The predicted octanol–water partition coefficient (Wildman–Crippen LogP) is 2.73. The van der Waals surface area contributed by atoms with Crippen LogP contribution in [0, 0.1) is 5.92 Å². The lowest BCUT2D eigenvalue weighted by molar-refractivity contribution is -0.199. The highest BCUT2D eigenvalue weighted by Gasteiger charge is 2.37. The first kappa shape index (κ1) is 25.9. The van der Waals surface area contributed by atoms with Crippen molar-refractivity contribution in [1.82, 2.24) is 14.8 Å². The van der Waals surface area contributed by atoms with Gasteiger partial charge in [-0.15, -0.1) is 0 Å². The quantitative estimate of drug-likeness (QED) is 0.438. The molecule has 2 N–H and O–H groups in total. The zero-order chi connectivity index (χ0) is 24.9. The minimum Gasteiger partial charge on any atom is -0.357 e. The molecule has 2 heterocycles. The lowest BCUT2D eigenvalue weighted by Gasteiger charge is -2.33. The van der Waals surface area contributed by atoms with E-state index in [4.69, 9.17) is 11.6 Å². The second-order valence-corrected chi connectivity index (χ2v) is 9.40. The highest BCUT2D eigenvalue weighted by Crippen LogP contribution is 2.27. The van der Waals surface area contributed by atoms with Crippen molar-refractivity contribution in [3.8, 4) is 0 Å². The van der Waals surface area contributed by atoms with E-state index in [1.54, 1.807) is 45.4 Å². The van der Waals surface area contributed by atoms with Crippen LogP contribution in [-0.2, 0) is 10.6 Å². The van der Waals surface area contributed by atoms with Gasteiger partial charge in [0.1, 0.15) is 11.0 Å². The van der Waals surface area contributed by atoms with Gasteiger partial charge in [0.25, 0.3) is 17.6 Å². The number of halogens is 1. The molecule has 8 nitrogen and oxygen atoms in total. The number of likely N-dealkylation sites (N-methyl/N-ethyl adjacent to an activating group) is 1. The normalized spacial score (nSPS) is 14.7. The lowest BCUT2D eigenvalue weighted by atomic mass is 9.92. The average Bonchev–Trinajstić information content (AvgIpc) is 2.83. The minimum atomic E-state index is -2.53. The van der Waals surface area contributed by atoms with Gasteiger partial charge in [-0.05, 0) is 43.7 Å². The van der Waals surface area contributed by atoms with Crippen molar-refractivity contribution in [3.05, 3.63) is 58.7 Å². The molecule has 2 amide bonds. The fourth-order valence-corrected chi connectivity index (χ4v) is 4.46. The molecule has 1 aromatic carbocycles. The van der Waals surface area contributed by atoms with Crippen molar-refractivity contribution in [1.29, 1.82) is 0 Å². The van der Waals surface area contributed by atoms with Gasteiger partial charge in [-0.3, -0.25) is 9.59 Å². The van der Waals surface area contributed by atoms with Crippen LogP contribution in [-0.4, -0.2) is 77.6 Å². The van der Waals surface area contributed by atoms with E-state index in [1.165, 1.54) is 21.9 Å². The Labute approximate surface area is 205 Å². The van der Waals surface area contributed by atoms with Crippen molar-refractivity contribution in [2.75, 3.05) is 45.7 Å². The third-order valence-electron chi connectivity index (χ3n) is 6.34. The monoisotopic (exact) mass is 488 g/mol. The predicted molar refractivity (Wildman–Crippen MR) is 132 cm³/mol.